The molecular weight excluding hydrogens is 410 g/mol. The molecule has 1 atom stereocenters. The summed E-state index contributed by atoms with van der Waals surface area (Å²) >= 11 is 9.04. The number of amides is 3. The van der Waals surface area contributed by atoms with Crippen LogP contribution in [0.5, 0.6) is 0 Å². The van der Waals surface area contributed by atoms with E-state index >= 15 is 0 Å². The predicted octanol–water partition coefficient (Wildman–Crippen LogP) is 2.16. The molecule has 23 heavy (non-hydrogen) atoms. The molecule has 0 unspecified atom stereocenters. The first-order valence-corrected chi connectivity index (χ1v) is 9.51. The number of urea groups is 1. The molecule has 1 saturated heterocycles. The Morgan fingerprint density at radius 2 is 2.04 bits per heavy atom. The molecule has 0 saturated carbocycles. The summed E-state index contributed by atoms with van der Waals surface area (Å²) in [4.78, 5) is 26.1. The molecule has 7 nitrogen and oxygen atoms in total. The molecule has 1 aromatic rings. The van der Waals surface area contributed by atoms with E-state index in [1.165, 1.54) is 6.92 Å². The van der Waals surface area contributed by atoms with Crippen LogP contribution in [0.1, 0.15) is 25.8 Å². The monoisotopic (exact) mass is 423 g/mol. The van der Waals surface area contributed by atoms with Crippen molar-refractivity contribution in [3.8, 4) is 0 Å². The van der Waals surface area contributed by atoms with Crippen LogP contribution in [0.25, 0.3) is 0 Å². The molecule has 0 bridgehead atoms. The van der Waals surface area contributed by atoms with Gasteiger partial charge in [0.05, 0.1) is 5.75 Å². The van der Waals surface area contributed by atoms with Crippen molar-refractivity contribution in [1.29, 1.82) is 0 Å². The Morgan fingerprint density at radius 3 is 2.57 bits per heavy atom. The minimum absolute atomic E-state index is 0.346. The predicted molar refractivity (Wildman–Crippen MR) is 89.0 cm³/mol. The van der Waals surface area contributed by atoms with E-state index in [1.807, 2.05) is 4.83 Å². The number of hydrogen-bond acceptors (Lipinski definition) is 4. The summed E-state index contributed by atoms with van der Waals surface area (Å²) in [5.74, 6) is -1.05. The van der Waals surface area contributed by atoms with Gasteiger partial charge in [0.25, 0.3) is 5.91 Å². The summed E-state index contributed by atoms with van der Waals surface area (Å²) < 4.78 is 25.0. The van der Waals surface area contributed by atoms with Crippen LogP contribution >= 0.6 is 27.5 Å². The van der Waals surface area contributed by atoms with Gasteiger partial charge in [0.15, 0.2) is 0 Å². The van der Waals surface area contributed by atoms with Crippen molar-refractivity contribution < 1.29 is 18.0 Å². The number of sulfonamides is 1. The Hall–Kier alpha value is -1.16. The van der Waals surface area contributed by atoms with Crippen molar-refractivity contribution in [2.45, 2.75) is 31.6 Å². The third kappa shape index (κ3) is 3.85. The second-order valence-corrected chi connectivity index (χ2v) is 8.33. The molecule has 2 rings (SSSR count). The Labute approximate surface area is 147 Å². The lowest BCUT2D eigenvalue weighted by Gasteiger charge is -2.19. The average molecular weight is 425 g/mol. The molecule has 3 amide bonds. The van der Waals surface area contributed by atoms with Crippen LogP contribution in [-0.2, 0) is 20.6 Å². The second kappa shape index (κ2) is 6.39. The SMILES string of the molecule is CC[C@]1(C)NC(=O)N(NS(=O)(=O)Cc2ccc(Cl)cc2Br)C1=O. The molecule has 2 N–H and O–H groups in total. The summed E-state index contributed by atoms with van der Waals surface area (Å²) in [6.45, 7) is 3.26. The third-order valence-corrected chi connectivity index (χ3v) is 5.68. The number of halogens is 2. The maximum absolute atomic E-state index is 12.2. The fourth-order valence-corrected chi connectivity index (χ4v) is 4.20. The van der Waals surface area contributed by atoms with Crippen LogP contribution in [0.15, 0.2) is 22.7 Å². The molecule has 0 aromatic heterocycles. The number of benzene rings is 1. The van der Waals surface area contributed by atoms with Gasteiger partial charge in [0, 0.05) is 9.50 Å². The summed E-state index contributed by atoms with van der Waals surface area (Å²) in [6, 6.07) is 3.87. The van der Waals surface area contributed by atoms with Crippen LogP contribution in [0.2, 0.25) is 5.02 Å². The lowest BCUT2D eigenvalue weighted by atomic mass is 10.00. The van der Waals surface area contributed by atoms with Gasteiger partial charge in [-0.2, -0.15) is 5.01 Å². The highest BCUT2D eigenvalue weighted by Gasteiger charge is 2.48. The normalized spacial score (nSPS) is 21.7. The number of nitrogens with zero attached hydrogens (tertiary/aromatic N) is 1. The zero-order valence-corrected chi connectivity index (χ0v) is 15.5. The number of carbonyl (C=O) groups excluding carboxylic acids is 2. The van der Waals surface area contributed by atoms with Crippen LogP contribution < -0.4 is 10.1 Å². The first-order valence-electron chi connectivity index (χ1n) is 6.69. The fourth-order valence-electron chi connectivity index (χ4n) is 2.02. The van der Waals surface area contributed by atoms with Crippen molar-refractivity contribution in [3.05, 3.63) is 33.3 Å². The number of imide groups is 1. The highest BCUT2D eigenvalue weighted by Crippen LogP contribution is 2.24. The van der Waals surface area contributed by atoms with Crippen molar-refractivity contribution in [2.24, 2.45) is 0 Å². The van der Waals surface area contributed by atoms with Gasteiger partial charge in [-0.25, -0.2) is 13.2 Å². The summed E-state index contributed by atoms with van der Waals surface area (Å²) in [5.41, 5.74) is -0.660. The minimum atomic E-state index is -3.96. The lowest BCUT2D eigenvalue weighted by molar-refractivity contribution is -0.131. The highest BCUT2D eigenvalue weighted by atomic mass is 79.9. The minimum Gasteiger partial charge on any atom is -0.322 e. The van der Waals surface area contributed by atoms with Gasteiger partial charge in [-0.15, -0.1) is 4.83 Å². The van der Waals surface area contributed by atoms with Gasteiger partial charge in [-0.1, -0.05) is 40.5 Å². The topological polar surface area (TPSA) is 95.6 Å². The first-order chi connectivity index (χ1) is 10.6. The highest BCUT2D eigenvalue weighted by molar-refractivity contribution is 9.10. The Bertz CT molecular complexity index is 770. The van der Waals surface area contributed by atoms with Gasteiger partial charge < -0.3 is 5.32 Å². The summed E-state index contributed by atoms with van der Waals surface area (Å²) in [5, 5.41) is 3.43. The molecule has 0 spiro atoms. The van der Waals surface area contributed by atoms with Gasteiger partial charge in [-0.05, 0) is 31.0 Å². The standard InChI is InChI=1S/C13H15BrClN3O4S/c1-3-13(2)11(19)18(12(20)16-13)17-23(21,22)7-8-4-5-9(15)6-10(8)14/h4-6,17H,3,7H2,1-2H3,(H,16,20)/t13-/m0/s1. The molecule has 1 aliphatic heterocycles. The zero-order valence-electron chi connectivity index (χ0n) is 12.4. The van der Waals surface area contributed by atoms with E-state index in [0.717, 1.165) is 0 Å². The maximum Gasteiger partial charge on any atom is 0.340 e. The van der Waals surface area contributed by atoms with E-state index in [9.17, 15) is 18.0 Å². The number of hydrazine groups is 1. The van der Waals surface area contributed by atoms with Crippen molar-refractivity contribution in [1.82, 2.24) is 15.2 Å². The van der Waals surface area contributed by atoms with Crippen LogP contribution in [0.3, 0.4) is 0 Å². The summed E-state index contributed by atoms with van der Waals surface area (Å²) in [7, 11) is -3.96. The van der Waals surface area contributed by atoms with E-state index in [2.05, 4.69) is 21.2 Å². The lowest BCUT2D eigenvalue weighted by Crippen LogP contribution is -2.48. The average Bonchev–Trinajstić information content (AvgIpc) is 2.66. The molecule has 1 fully saturated rings. The Balaban J connectivity index is 2.19. The third-order valence-electron chi connectivity index (χ3n) is 3.56. The van der Waals surface area contributed by atoms with Crippen molar-refractivity contribution in [3.63, 3.8) is 0 Å². The van der Waals surface area contributed by atoms with Gasteiger partial charge in [0.1, 0.15) is 5.54 Å². The summed E-state index contributed by atoms with van der Waals surface area (Å²) in [6.07, 6.45) is 0.346. The molecule has 0 radical (unpaired) electrons. The molecular formula is C13H15BrClN3O4S. The molecule has 1 aliphatic rings. The molecule has 1 aromatic carbocycles. The number of nitrogens with one attached hydrogen (secondary N) is 2. The number of hydrogen-bond donors (Lipinski definition) is 2. The number of rotatable bonds is 5. The van der Waals surface area contributed by atoms with E-state index in [4.69, 9.17) is 11.6 Å². The van der Waals surface area contributed by atoms with Crippen LogP contribution in [0.4, 0.5) is 4.79 Å². The molecule has 126 valence electrons. The van der Waals surface area contributed by atoms with Gasteiger partial charge in [0.2, 0.25) is 10.0 Å². The molecule has 0 aliphatic carbocycles. The van der Waals surface area contributed by atoms with E-state index < -0.39 is 33.3 Å². The van der Waals surface area contributed by atoms with Gasteiger partial charge >= 0.3 is 6.03 Å². The zero-order chi connectivity index (χ0) is 17.4. The maximum atomic E-state index is 12.2. The number of carbonyl (C=O) groups is 2. The largest absolute Gasteiger partial charge is 0.340 e. The van der Waals surface area contributed by atoms with Crippen molar-refractivity contribution in [2.75, 3.05) is 0 Å². The van der Waals surface area contributed by atoms with E-state index in [1.54, 1.807) is 25.1 Å². The molecule has 1 heterocycles. The quantitative estimate of drug-likeness (QED) is 0.708. The van der Waals surface area contributed by atoms with E-state index in [0.29, 0.717) is 26.5 Å². The van der Waals surface area contributed by atoms with E-state index in [-0.39, 0.29) is 0 Å². The molecule has 10 heteroatoms. The van der Waals surface area contributed by atoms with Gasteiger partial charge in [-0.3, -0.25) is 4.79 Å². The Morgan fingerprint density at radius 1 is 1.39 bits per heavy atom. The van der Waals surface area contributed by atoms with Crippen molar-refractivity contribution >= 4 is 49.5 Å². The van der Waals surface area contributed by atoms with Crippen LogP contribution in [-0.4, -0.2) is 30.9 Å². The first kappa shape index (κ1) is 18.2. The second-order valence-electron chi connectivity index (χ2n) is 5.34. The smallest absolute Gasteiger partial charge is 0.322 e. The fraction of sp³-hybridized carbons (Fsp3) is 0.385. The Kier molecular flexibility index (Phi) is 5.05. The van der Waals surface area contributed by atoms with Crippen LogP contribution in [0, 0.1) is 0 Å².